The van der Waals surface area contributed by atoms with Crippen LogP contribution in [0, 0.1) is 5.92 Å². The normalized spacial score (nSPS) is 19.4. The highest BCUT2D eigenvalue weighted by molar-refractivity contribution is 5.76. The Balaban J connectivity index is 2.13. The second kappa shape index (κ2) is 7.66. The minimum atomic E-state index is 0.233. The molecule has 0 aromatic rings. The molecule has 1 unspecified atom stereocenters. The van der Waals surface area contributed by atoms with Crippen molar-refractivity contribution in [3.05, 3.63) is 0 Å². The van der Waals surface area contributed by atoms with Crippen LogP contribution in [-0.4, -0.2) is 18.5 Å². The highest BCUT2D eigenvalue weighted by atomic mass is 16.1. The lowest BCUT2D eigenvalue weighted by Crippen LogP contribution is -2.34. The molecule has 16 heavy (non-hydrogen) atoms. The van der Waals surface area contributed by atoms with Gasteiger partial charge in [-0.3, -0.25) is 4.79 Å². The van der Waals surface area contributed by atoms with Gasteiger partial charge >= 0.3 is 0 Å². The van der Waals surface area contributed by atoms with Crippen LogP contribution in [-0.2, 0) is 4.79 Å². The fourth-order valence-corrected chi connectivity index (χ4v) is 2.48. The number of rotatable bonds is 6. The zero-order valence-corrected chi connectivity index (χ0v) is 10.5. The highest BCUT2D eigenvalue weighted by Crippen LogP contribution is 2.26. The Morgan fingerprint density at radius 3 is 2.69 bits per heavy atom. The van der Waals surface area contributed by atoms with Crippen molar-refractivity contribution in [1.29, 1.82) is 0 Å². The third kappa shape index (κ3) is 5.50. The SMILES string of the molecule is CC(CCCN)NC(=O)CC1CCCCC1. The van der Waals surface area contributed by atoms with E-state index in [1.54, 1.807) is 0 Å². The molecule has 1 aliphatic carbocycles. The summed E-state index contributed by atoms with van der Waals surface area (Å²) in [6.07, 6.45) is 9.16. The third-order valence-corrected chi connectivity index (χ3v) is 3.45. The van der Waals surface area contributed by atoms with Crippen molar-refractivity contribution in [2.24, 2.45) is 11.7 Å². The standard InChI is InChI=1S/C13H26N2O/c1-11(6-5-9-14)15-13(16)10-12-7-3-2-4-8-12/h11-12H,2-10,14H2,1H3,(H,15,16). The van der Waals surface area contributed by atoms with Crippen LogP contribution >= 0.6 is 0 Å². The number of carbonyl (C=O) groups excluding carboxylic acids is 1. The van der Waals surface area contributed by atoms with Crippen LogP contribution in [0.5, 0.6) is 0 Å². The lowest BCUT2D eigenvalue weighted by atomic mass is 9.87. The minimum Gasteiger partial charge on any atom is -0.354 e. The third-order valence-electron chi connectivity index (χ3n) is 3.45. The lowest BCUT2D eigenvalue weighted by Gasteiger charge is -2.22. The molecule has 0 aromatic carbocycles. The van der Waals surface area contributed by atoms with E-state index >= 15 is 0 Å². The van der Waals surface area contributed by atoms with Crippen LogP contribution in [0.25, 0.3) is 0 Å². The van der Waals surface area contributed by atoms with Gasteiger partial charge in [0.2, 0.25) is 5.91 Å². The van der Waals surface area contributed by atoms with Gasteiger partial charge in [-0.25, -0.2) is 0 Å². The first-order valence-electron chi connectivity index (χ1n) is 6.71. The summed E-state index contributed by atoms with van der Waals surface area (Å²) in [5.41, 5.74) is 5.44. The maximum Gasteiger partial charge on any atom is 0.220 e. The average molecular weight is 226 g/mol. The van der Waals surface area contributed by atoms with Gasteiger partial charge < -0.3 is 11.1 Å². The van der Waals surface area contributed by atoms with E-state index in [0.29, 0.717) is 12.5 Å². The molecule has 0 spiro atoms. The van der Waals surface area contributed by atoms with Crippen molar-refractivity contribution in [2.45, 2.75) is 64.3 Å². The van der Waals surface area contributed by atoms with Gasteiger partial charge in [0.25, 0.3) is 0 Å². The van der Waals surface area contributed by atoms with Crippen molar-refractivity contribution in [3.8, 4) is 0 Å². The average Bonchev–Trinajstić information content (AvgIpc) is 2.27. The lowest BCUT2D eigenvalue weighted by molar-refractivity contribution is -0.122. The Morgan fingerprint density at radius 1 is 1.38 bits per heavy atom. The van der Waals surface area contributed by atoms with Crippen molar-refractivity contribution < 1.29 is 4.79 Å². The monoisotopic (exact) mass is 226 g/mol. The van der Waals surface area contributed by atoms with E-state index in [2.05, 4.69) is 12.2 Å². The Hall–Kier alpha value is -0.570. The Labute approximate surface area is 99.2 Å². The second-order valence-corrected chi connectivity index (χ2v) is 5.11. The Morgan fingerprint density at radius 2 is 2.06 bits per heavy atom. The number of carbonyl (C=O) groups is 1. The number of hydrogen-bond donors (Lipinski definition) is 2. The summed E-state index contributed by atoms with van der Waals surface area (Å²) < 4.78 is 0. The first-order valence-corrected chi connectivity index (χ1v) is 6.71. The number of amides is 1. The number of nitrogens with one attached hydrogen (secondary N) is 1. The van der Waals surface area contributed by atoms with Crippen molar-refractivity contribution >= 4 is 5.91 Å². The van der Waals surface area contributed by atoms with Crippen molar-refractivity contribution in [2.75, 3.05) is 6.54 Å². The molecule has 3 heteroatoms. The summed E-state index contributed by atoms with van der Waals surface area (Å²) in [5.74, 6) is 0.867. The number of hydrogen-bond acceptors (Lipinski definition) is 2. The van der Waals surface area contributed by atoms with E-state index in [-0.39, 0.29) is 11.9 Å². The molecule has 0 saturated heterocycles. The summed E-state index contributed by atoms with van der Waals surface area (Å²) >= 11 is 0. The molecule has 0 radical (unpaired) electrons. The maximum absolute atomic E-state index is 11.7. The zero-order chi connectivity index (χ0) is 11.8. The van der Waals surface area contributed by atoms with E-state index in [1.807, 2.05) is 0 Å². The summed E-state index contributed by atoms with van der Waals surface area (Å²) in [5, 5.41) is 3.07. The fraction of sp³-hybridized carbons (Fsp3) is 0.923. The van der Waals surface area contributed by atoms with E-state index in [4.69, 9.17) is 5.73 Å². The highest BCUT2D eigenvalue weighted by Gasteiger charge is 2.17. The predicted octanol–water partition coefficient (Wildman–Crippen LogP) is 2.20. The Bertz CT molecular complexity index is 200. The quantitative estimate of drug-likeness (QED) is 0.729. The molecule has 0 aliphatic heterocycles. The van der Waals surface area contributed by atoms with Crippen LogP contribution < -0.4 is 11.1 Å². The molecule has 1 fully saturated rings. The van der Waals surface area contributed by atoms with Crippen molar-refractivity contribution in [3.63, 3.8) is 0 Å². The van der Waals surface area contributed by atoms with E-state index < -0.39 is 0 Å². The van der Waals surface area contributed by atoms with Gasteiger partial charge in [0, 0.05) is 12.5 Å². The first-order chi connectivity index (χ1) is 7.72. The molecule has 1 saturated carbocycles. The molecule has 0 heterocycles. The molecule has 1 rings (SSSR count). The molecular weight excluding hydrogens is 200 g/mol. The van der Waals surface area contributed by atoms with Crippen LogP contribution in [0.3, 0.4) is 0 Å². The van der Waals surface area contributed by atoms with Gasteiger partial charge in [0.1, 0.15) is 0 Å². The number of nitrogens with two attached hydrogens (primary N) is 1. The van der Waals surface area contributed by atoms with E-state index in [0.717, 1.165) is 19.3 Å². The van der Waals surface area contributed by atoms with Crippen molar-refractivity contribution in [1.82, 2.24) is 5.32 Å². The summed E-state index contributed by atoms with van der Waals surface area (Å²) in [6.45, 7) is 2.78. The summed E-state index contributed by atoms with van der Waals surface area (Å²) in [4.78, 5) is 11.7. The predicted molar refractivity (Wildman–Crippen MR) is 67.1 cm³/mol. The van der Waals surface area contributed by atoms with Crippen LogP contribution in [0.2, 0.25) is 0 Å². The van der Waals surface area contributed by atoms with Gasteiger partial charge in [0.05, 0.1) is 0 Å². The molecule has 1 aliphatic rings. The van der Waals surface area contributed by atoms with E-state index in [9.17, 15) is 4.79 Å². The van der Waals surface area contributed by atoms with Gasteiger partial charge in [-0.1, -0.05) is 19.3 Å². The van der Waals surface area contributed by atoms with Crippen LogP contribution in [0.15, 0.2) is 0 Å². The molecule has 1 atom stereocenters. The smallest absolute Gasteiger partial charge is 0.220 e. The first kappa shape index (κ1) is 13.5. The van der Waals surface area contributed by atoms with E-state index in [1.165, 1.54) is 32.1 Å². The molecular formula is C13H26N2O. The van der Waals surface area contributed by atoms with Gasteiger partial charge in [-0.15, -0.1) is 0 Å². The maximum atomic E-state index is 11.7. The van der Waals surface area contributed by atoms with Gasteiger partial charge in [-0.05, 0) is 45.1 Å². The zero-order valence-electron chi connectivity index (χ0n) is 10.5. The molecule has 94 valence electrons. The van der Waals surface area contributed by atoms with Gasteiger partial charge in [-0.2, -0.15) is 0 Å². The molecule has 0 bridgehead atoms. The largest absolute Gasteiger partial charge is 0.354 e. The Kier molecular flexibility index (Phi) is 6.46. The molecule has 3 nitrogen and oxygen atoms in total. The fourth-order valence-electron chi connectivity index (χ4n) is 2.48. The molecule has 3 N–H and O–H groups in total. The minimum absolute atomic E-state index is 0.233. The van der Waals surface area contributed by atoms with Gasteiger partial charge in [0.15, 0.2) is 0 Å². The van der Waals surface area contributed by atoms with Crippen LogP contribution in [0.4, 0.5) is 0 Å². The summed E-state index contributed by atoms with van der Waals surface area (Å²) in [6, 6.07) is 0.277. The molecule has 0 aromatic heterocycles. The second-order valence-electron chi connectivity index (χ2n) is 5.11. The molecule has 1 amide bonds. The topological polar surface area (TPSA) is 55.1 Å². The van der Waals surface area contributed by atoms with Crippen LogP contribution in [0.1, 0.15) is 58.3 Å². The summed E-state index contributed by atoms with van der Waals surface area (Å²) in [7, 11) is 0.